The number of fused-ring (bicyclic) bond motifs is 15. The van der Waals surface area contributed by atoms with Gasteiger partial charge in [0.2, 0.25) is 0 Å². The lowest BCUT2D eigenvalue weighted by molar-refractivity contribution is 0.719. The van der Waals surface area contributed by atoms with Gasteiger partial charge in [0, 0.05) is 57.8 Å². The van der Waals surface area contributed by atoms with E-state index in [1.54, 1.807) is 12.2 Å². The van der Waals surface area contributed by atoms with E-state index in [1.807, 2.05) is 49.1 Å². The minimum absolute atomic E-state index is 0.524. The second-order valence-electron chi connectivity index (χ2n) is 13.9. The molecule has 4 aromatic heterocycles. The Hall–Kier alpha value is -5.36. The quantitative estimate of drug-likeness (QED) is 0.136. The molecule has 232 valence electrons. The molecule has 2 aromatic carbocycles. The topological polar surface area (TPSA) is 77.3 Å². The van der Waals surface area contributed by atoms with Gasteiger partial charge in [0.15, 0.2) is 11.6 Å². The van der Waals surface area contributed by atoms with Crippen LogP contribution in [-0.4, -0.2) is 29.9 Å². The van der Waals surface area contributed by atoms with Crippen LogP contribution in [0.15, 0.2) is 98.6 Å². The van der Waals surface area contributed by atoms with Crippen molar-refractivity contribution in [1.29, 1.82) is 0 Å². The predicted octanol–water partition coefficient (Wildman–Crippen LogP) is 9.85. The summed E-state index contributed by atoms with van der Waals surface area (Å²) < 4.78 is 0. The van der Waals surface area contributed by atoms with Gasteiger partial charge in [0.25, 0.3) is 0 Å². The molecule has 6 aromatic rings. The number of aromatic nitrogens is 6. The summed E-state index contributed by atoms with van der Waals surface area (Å²) in [6, 6.07) is 14.9. The third-order valence-electron chi connectivity index (χ3n) is 11.4. The average molecular weight is 623 g/mol. The Morgan fingerprint density at radius 3 is 1.58 bits per heavy atom. The molecule has 4 heterocycles. The van der Waals surface area contributed by atoms with E-state index in [0.717, 1.165) is 50.5 Å². The highest BCUT2D eigenvalue weighted by molar-refractivity contribution is 6.08. The van der Waals surface area contributed by atoms with Crippen molar-refractivity contribution in [2.45, 2.75) is 62.2 Å². The maximum absolute atomic E-state index is 5.56. The monoisotopic (exact) mass is 622 g/mol. The minimum atomic E-state index is 0.524. The first kappa shape index (κ1) is 27.7. The Balaban J connectivity index is 1.21. The van der Waals surface area contributed by atoms with Crippen LogP contribution in [-0.2, 0) is 0 Å². The van der Waals surface area contributed by atoms with Gasteiger partial charge >= 0.3 is 0 Å². The van der Waals surface area contributed by atoms with Crippen LogP contribution < -0.4 is 0 Å². The first-order valence-corrected chi connectivity index (χ1v) is 17.2. The Kier molecular flexibility index (Phi) is 6.11. The van der Waals surface area contributed by atoms with Crippen LogP contribution in [0, 0.1) is 0 Å². The fourth-order valence-electron chi connectivity index (χ4n) is 9.43. The molecule has 4 aliphatic rings. The zero-order chi connectivity index (χ0) is 31.9. The second-order valence-corrected chi connectivity index (χ2v) is 13.9. The van der Waals surface area contributed by atoms with Gasteiger partial charge in [-0.05, 0) is 84.5 Å². The number of nitrogens with zero attached hydrogens (tertiary/aromatic N) is 6. The molecule has 4 atom stereocenters. The molecule has 10 rings (SSSR count). The summed E-state index contributed by atoms with van der Waals surface area (Å²) in [7, 11) is 0. The van der Waals surface area contributed by atoms with Crippen molar-refractivity contribution in [1.82, 2.24) is 29.9 Å². The van der Waals surface area contributed by atoms with Gasteiger partial charge in [-0.3, -0.25) is 0 Å². The van der Waals surface area contributed by atoms with Gasteiger partial charge in [-0.2, -0.15) is 0 Å². The normalized spacial score (nSPS) is 22.0. The third-order valence-corrected chi connectivity index (χ3v) is 11.4. The lowest BCUT2D eigenvalue weighted by Gasteiger charge is -2.24. The largest absolute Gasteiger partial charge is 0.245 e. The van der Waals surface area contributed by atoms with Crippen LogP contribution in [0.5, 0.6) is 0 Å². The van der Waals surface area contributed by atoms with E-state index in [0.29, 0.717) is 29.5 Å². The lowest BCUT2D eigenvalue weighted by Crippen LogP contribution is -2.08. The number of benzene rings is 2. The van der Waals surface area contributed by atoms with E-state index in [2.05, 4.69) is 37.4 Å². The van der Waals surface area contributed by atoms with Crippen LogP contribution in [0.25, 0.3) is 61.3 Å². The highest BCUT2D eigenvalue weighted by Crippen LogP contribution is 2.60. The van der Waals surface area contributed by atoms with Gasteiger partial charge in [-0.1, -0.05) is 73.9 Å². The van der Waals surface area contributed by atoms with E-state index in [9.17, 15) is 0 Å². The van der Waals surface area contributed by atoms with E-state index in [1.165, 1.54) is 71.6 Å². The second kappa shape index (κ2) is 10.6. The zero-order valence-corrected chi connectivity index (χ0v) is 26.7. The molecule has 4 bridgehead atoms. The van der Waals surface area contributed by atoms with Crippen molar-refractivity contribution in [2.24, 2.45) is 0 Å². The molecular weight excluding hydrogens is 589 g/mol. The molecule has 6 nitrogen and oxygen atoms in total. The van der Waals surface area contributed by atoms with E-state index in [4.69, 9.17) is 29.9 Å². The fourth-order valence-corrected chi connectivity index (χ4v) is 9.43. The van der Waals surface area contributed by atoms with Crippen LogP contribution in [0.2, 0.25) is 0 Å². The number of hydrogen-bond acceptors (Lipinski definition) is 6. The minimum Gasteiger partial charge on any atom is -0.245 e. The van der Waals surface area contributed by atoms with Crippen molar-refractivity contribution in [2.75, 3.05) is 0 Å². The maximum atomic E-state index is 5.56. The molecule has 48 heavy (non-hydrogen) atoms. The van der Waals surface area contributed by atoms with Gasteiger partial charge in [0.1, 0.15) is 0 Å². The molecule has 4 unspecified atom stereocenters. The Bertz CT molecular complexity index is 2340. The number of pyridine rings is 2. The van der Waals surface area contributed by atoms with Crippen LogP contribution in [0.1, 0.15) is 90.3 Å². The summed E-state index contributed by atoms with van der Waals surface area (Å²) >= 11 is 0. The molecule has 0 spiro atoms. The Morgan fingerprint density at radius 2 is 1.08 bits per heavy atom. The van der Waals surface area contributed by atoms with E-state index >= 15 is 0 Å². The molecule has 2 fully saturated rings. The zero-order valence-electron chi connectivity index (χ0n) is 26.7. The van der Waals surface area contributed by atoms with Crippen molar-refractivity contribution in [3.8, 4) is 33.9 Å². The lowest BCUT2D eigenvalue weighted by atomic mass is 9.84. The molecule has 4 aliphatic carbocycles. The van der Waals surface area contributed by atoms with E-state index in [-0.39, 0.29) is 0 Å². The summed E-state index contributed by atoms with van der Waals surface area (Å²) in [6.07, 6.45) is 20.5. The van der Waals surface area contributed by atoms with Crippen molar-refractivity contribution in [3.05, 3.63) is 127 Å². The van der Waals surface area contributed by atoms with Gasteiger partial charge in [0.05, 0.1) is 22.4 Å². The number of rotatable bonds is 6. The van der Waals surface area contributed by atoms with Crippen LogP contribution in [0.3, 0.4) is 0 Å². The van der Waals surface area contributed by atoms with Crippen molar-refractivity contribution >= 4 is 27.4 Å². The first-order valence-electron chi connectivity index (χ1n) is 17.2. The smallest absolute Gasteiger partial charge is 0.159 e. The van der Waals surface area contributed by atoms with Crippen molar-refractivity contribution < 1.29 is 0 Å². The molecular formula is C42H34N6. The summed E-state index contributed by atoms with van der Waals surface area (Å²) in [5.41, 5.74) is 13.6. The summed E-state index contributed by atoms with van der Waals surface area (Å²) in [4.78, 5) is 30.3. The first-order chi connectivity index (χ1) is 23.7. The standard InChI is InChI=1S/C42H34N6/c1-3-8-23(4-2)41-43-19-29(20-44-41)37-35-27-13-11-25(17-27)33(35)31-15-16-32-34-26-12-14-28(18-26)36(34)38(48-40(32)39(31)47-37)30-21-45-42(46-22-30)24-9-6-5-7-10-24/h3-10,15-16,19-22,25-28H,1-2,11-14,17-18H2/b23-8+. The predicted molar refractivity (Wildman–Crippen MR) is 192 cm³/mol. The van der Waals surface area contributed by atoms with Crippen LogP contribution in [0.4, 0.5) is 0 Å². The van der Waals surface area contributed by atoms with Crippen molar-refractivity contribution in [3.63, 3.8) is 0 Å². The summed E-state index contributed by atoms with van der Waals surface area (Å²) in [5, 5.41) is 2.51. The molecule has 0 amide bonds. The van der Waals surface area contributed by atoms with Gasteiger partial charge < -0.3 is 0 Å². The van der Waals surface area contributed by atoms with E-state index < -0.39 is 0 Å². The molecule has 0 radical (unpaired) electrons. The van der Waals surface area contributed by atoms with Gasteiger partial charge in [-0.25, -0.2) is 29.9 Å². The fraction of sp³-hybridized carbons (Fsp3) is 0.238. The van der Waals surface area contributed by atoms with Crippen LogP contribution >= 0.6 is 0 Å². The molecule has 6 heteroatoms. The highest BCUT2D eigenvalue weighted by Gasteiger charge is 2.43. The number of hydrogen-bond donors (Lipinski definition) is 0. The highest BCUT2D eigenvalue weighted by atomic mass is 14.9. The Labute approximate surface area is 279 Å². The Morgan fingerprint density at radius 1 is 0.583 bits per heavy atom. The summed E-state index contributed by atoms with van der Waals surface area (Å²) in [6.45, 7) is 7.76. The SMILES string of the molecule is C=C/C=C(\C=C)c1ncc(-c2nc3c(ccc4c5c(c(-c6cnc(-c7ccccc7)nc6)nc43)C3CCC5C3)c3c2C2CCC3C2)cn1. The van der Waals surface area contributed by atoms with Gasteiger partial charge in [-0.15, -0.1) is 0 Å². The average Bonchev–Trinajstić information content (AvgIpc) is 3.97. The molecule has 0 N–H and O–H groups in total. The maximum Gasteiger partial charge on any atom is 0.159 e. The molecule has 0 aliphatic heterocycles. The molecule has 0 saturated heterocycles. The summed E-state index contributed by atoms with van der Waals surface area (Å²) in [5.74, 6) is 3.54. The number of allylic oxidation sites excluding steroid dienone is 4. The third kappa shape index (κ3) is 3.98. The molecule has 2 saturated carbocycles.